The third-order valence-electron chi connectivity index (χ3n) is 9.02. The number of aromatic nitrogens is 2. The van der Waals surface area contributed by atoms with Crippen molar-refractivity contribution in [3.05, 3.63) is 125 Å². The molecule has 4 aromatic rings. The number of halogens is 3. The number of likely N-dealkylation sites (N-methyl/N-ethyl adjacent to an activating group) is 1. The number of likely N-dealkylation sites (tertiary alicyclic amines) is 1. The van der Waals surface area contributed by atoms with E-state index >= 15 is 0 Å². The molecule has 3 amide bonds. The Hall–Kier alpha value is -5.23. The topological polar surface area (TPSA) is 99.6 Å². The standard InChI is InChI=1S/C37H37F3N6O3/c1-4-45-35-30(24(3)43-46(35)29-15-6-5-7-16-29)31(32(36(45)49)42-34(48)27-13-9-14-28(20-27)37(38,39)40)26-12-8-11-25(19-26)21-41-33(47)23(2)22-44-17-10-18-44/h5-9,11-16,19-20,31-32H,2,4,10,17-18,21-22H2,1,3H3,(H,41,47)(H,42,48)/t31-,32+/m0/s1. The smallest absolute Gasteiger partial charge is 0.348 e. The number of fused-ring (bicyclic) bond motifs is 1. The number of carbonyl (C=O) groups excluding carboxylic acids is 3. The van der Waals surface area contributed by atoms with Gasteiger partial charge in [0.25, 0.3) is 11.8 Å². The molecule has 49 heavy (non-hydrogen) atoms. The van der Waals surface area contributed by atoms with Gasteiger partial charge in [0, 0.05) is 42.3 Å². The van der Waals surface area contributed by atoms with E-state index in [4.69, 9.17) is 5.10 Å². The maximum atomic E-state index is 14.4. The molecule has 1 fully saturated rings. The maximum absolute atomic E-state index is 14.4. The Bertz CT molecular complexity index is 1900. The van der Waals surface area contributed by atoms with E-state index in [2.05, 4.69) is 22.1 Å². The fourth-order valence-corrected chi connectivity index (χ4v) is 6.44. The number of anilines is 1. The van der Waals surface area contributed by atoms with Crippen LogP contribution < -0.4 is 15.5 Å². The Balaban J connectivity index is 1.39. The van der Waals surface area contributed by atoms with Crippen molar-refractivity contribution in [2.45, 2.75) is 44.9 Å². The second kappa shape index (κ2) is 13.7. The van der Waals surface area contributed by atoms with Gasteiger partial charge in [-0.3, -0.25) is 24.2 Å². The van der Waals surface area contributed by atoms with Crippen LogP contribution in [0.15, 0.2) is 91.0 Å². The highest BCUT2D eigenvalue weighted by atomic mass is 19.4. The number of hydrogen-bond donors (Lipinski definition) is 2. The minimum Gasteiger partial charge on any atom is -0.348 e. The number of rotatable bonds is 10. The third kappa shape index (κ3) is 6.86. The van der Waals surface area contributed by atoms with Gasteiger partial charge in [-0.15, -0.1) is 0 Å². The molecule has 254 valence electrons. The lowest BCUT2D eigenvalue weighted by atomic mass is 9.80. The number of hydrogen-bond acceptors (Lipinski definition) is 5. The van der Waals surface area contributed by atoms with Gasteiger partial charge in [0.2, 0.25) is 5.91 Å². The van der Waals surface area contributed by atoms with Gasteiger partial charge in [-0.1, -0.05) is 55.1 Å². The molecule has 0 spiro atoms. The first kappa shape index (κ1) is 33.7. The summed E-state index contributed by atoms with van der Waals surface area (Å²) in [5, 5.41) is 10.5. The lowest BCUT2D eigenvalue weighted by Gasteiger charge is -2.38. The number of para-hydroxylation sites is 1. The molecule has 9 nitrogen and oxygen atoms in total. The number of alkyl halides is 3. The average molecular weight is 671 g/mol. The molecule has 0 radical (unpaired) electrons. The first-order valence-corrected chi connectivity index (χ1v) is 16.2. The highest BCUT2D eigenvalue weighted by Crippen LogP contribution is 2.43. The van der Waals surface area contributed by atoms with Crippen LogP contribution in [-0.4, -0.2) is 64.6 Å². The normalized spacial score (nSPS) is 17.7. The predicted molar refractivity (Wildman–Crippen MR) is 179 cm³/mol. The largest absolute Gasteiger partial charge is 0.416 e. The van der Waals surface area contributed by atoms with Gasteiger partial charge in [-0.2, -0.15) is 18.3 Å². The fourth-order valence-electron chi connectivity index (χ4n) is 6.44. The van der Waals surface area contributed by atoms with Gasteiger partial charge in [-0.25, -0.2) is 4.68 Å². The van der Waals surface area contributed by atoms with Crippen LogP contribution in [0, 0.1) is 6.92 Å². The Kier molecular flexibility index (Phi) is 9.42. The van der Waals surface area contributed by atoms with Gasteiger partial charge in [-0.05, 0) is 74.8 Å². The zero-order valence-electron chi connectivity index (χ0n) is 27.3. The predicted octanol–water partition coefficient (Wildman–Crippen LogP) is 5.37. The molecule has 2 aliphatic rings. The van der Waals surface area contributed by atoms with Crippen LogP contribution in [0.25, 0.3) is 5.69 Å². The SMILES string of the molecule is C=C(CN1CCC1)C(=O)NCc1cccc([C@H]2c3c(C)nn(-c4ccccc4)c3N(CC)C(=O)[C@@H]2NC(=O)c2cccc(C(F)(F)F)c2)c1. The Labute approximate surface area is 282 Å². The monoisotopic (exact) mass is 670 g/mol. The zero-order valence-corrected chi connectivity index (χ0v) is 27.3. The van der Waals surface area contributed by atoms with Gasteiger partial charge in [0.1, 0.15) is 11.9 Å². The molecule has 3 aromatic carbocycles. The molecule has 0 unspecified atom stereocenters. The van der Waals surface area contributed by atoms with Crippen molar-refractivity contribution in [3.63, 3.8) is 0 Å². The van der Waals surface area contributed by atoms with Crippen LogP contribution in [0.2, 0.25) is 0 Å². The van der Waals surface area contributed by atoms with Crippen LogP contribution in [0.1, 0.15) is 57.6 Å². The van der Waals surface area contributed by atoms with E-state index < -0.39 is 35.5 Å². The molecule has 2 atom stereocenters. The average Bonchev–Trinajstić information content (AvgIpc) is 3.41. The van der Waals surface area contributed by atoms with Gasteiger partial charge in [0.15, 0.2) is 0 Å². The van der Waals surface area contributed by atoms with E-state index in [0.717, 1.165) is 42.9 Å². The lowest BCUT2D eigenvalue weighted by molar-refractivity contribution is -0.137. The van der Waals surface area contributed by atoms with Crippen LogP contribution in [0.4, 0.5) is 19.0 Å². The molecule has 6 rings (SSSR count). The summed E-state index contributed by atoms with van der Waals surface area (Å²) in [7, 11) is 0. The Morgan fingerprint density at radius 3 is 2.41 bits per heavy atom. The van der Waals surface area contributed by atoms with Crippen LogP contribution >= 0.6 is 0 Å². The molecule has 1 saturated heterocycles. The summed E-state index contributed by atoms with van der Waals surface area (Å²) < 4.78 is 42.3. The highest BCUT2D eigenvalue weighted by molar-refractivity contribution is 6.05. The first-order valence-electron chi connectivity index (χ1n) is 16.2. The van der Waals surface area contributed by atoms with Crippen LogP contribution in [0.5, 0.6) is 0 Å². The fraction of sp³-hybridized carbons (Fsp3) is 0.297. The molecule has 2 N–H and O–H groups in total. The molecule has 1 aromatic heterocycles. The highest BCUT2D eigenvalue weighted by Gasteiger charge is 2.45. The van der Waals surface area contributed by atoms with Crippen LogP contribution in [0.3, 0.4) is 0 Å². The van der Waals surface area contributed by atoms with Gasteiger partial charge in [0.05, 0.1) is 16.9 Å². The van der Waals surface area contributed by atoms with E-state index in [1.54, 1.807) is 9.58 Å². The molecule has 0 aliphatic carbocycles. The molecule has 0 bridgehead atoms. The van der Waals surface area contributed by atoms with Crippen LogP contribution in [-0.2, 0) is 22.3 Å². The minimum absolute atomic E-state index is 0.198. The summed E-state index contributed by atoms with van der Waals surface area (Å²) in [5.74, 6) is -1.71. The summed E-state index contributed by atoms with van der Waals surface area (Å²) >= 11 is 0. The van der Waals surface area contributed by atoms with Gasteiger partial charge >= 0.3 is 6.18 Å². The Morgan fingerprint density at radius 2 is 1.73 bits per heavy atom. The second-order valence-electron chi connectivity index (χ2n) is 12.3. The van der Waals surface area contributed by atoms with E-state index in [9.17, 15) is 27.6 Å². The van der Waals surface area contributed by atoms with Crippen molar-refractivity contribution in [3.8, 4) is 5.69 Å². The number of carbonyl (C=O) groups is 3. The number of amides is 3. The quantitative estimate of drug-likeness (QED) is 0.221. The van der Waals surface area contributed by atoms with E-state index in [-0.39, 0.29) is 24.6 Å². The Morgan fingerprint density at radius 1 is 1.00 bits per heavy atom. The zero-order chi connectivity index (χ0) is 34.9. The van der Waals surface area contributed by atoms with Crippen molar-refractivity contribution in [2.24, 2.45) is 0 Å². The number of benzene rings is 3. The molecule has 0 saturated carbocycles. The second-order valence-corrected chi connectivity index (χ2v) is 12.3. The van der Waals surface area contributed by atoms with Crippen molar-refractivity contribution < 1.29 is 27.6 Å². The lowest BCUT2D eigenvalue weighted by Crippen LogP contribution is -2.55. The minimum atomic E-state index is -4.65. The molecular weight excluding hydrogens is 633 g/mol. The first-order chi connectivity index (χ1) is 23.5. The van der Waals surface area contributed by atoms with Crippen molar-refractivity contribution in [2.75, 3.05) is 31.1 Å². The van der Waals surface area contributed by atoms with Crippen molar-refractivity contribution >= 4 is 23.5 Å². The van der Waals surface area contributed by atoms with Crippen molar-refractivity contribution in [1.82, 2.24) is 25.3 Å². The number of aryl methyl sites for hydroxylation is 1. The van der Waals surface area contributed by atoms with E-state index in [1.165, 1.54) is 12.1 Å². The summed E-state index contributed by atoms with van der Waals surface area (Å²) in [6, 6.07) is 19.7. The molecule has 2 aliphatic heterocycles. The summed E-state index contributed by atoms with van der Waals surface area (Å²) in [5.41, 5.74) is 2.76. The molecular formula is C37H37F3N6O3. The summed E-state index contributed by atoms with van der Waals surface area (Å²) in [4.78, 5) is 44.5. The molecule has 12 heteroatoms. The summed E-state index contributed by atoms with van der Waals surface area (Å²) in [6.45, 7) is 10.4. The van der Waals surface area contributed by atoms with E-state index in [0.29, 0.717) is 34.8 Å². The number of nitrogens with one attached hydrogen (secondary N) is 2. The number of nitrogens with zero attached hydrogens (tertiary/aromatic N) is 4. The summed E-state index contributed by atoms with van der Waals surface area (Å²) in [6.07, 6.45) is -3.54. The third-order valence-corrected chi connectivity index (χ3v) is 9.02. The molecule has 3 heterocycles. The maximum Gasteiger partial charge on any atom is 0.416 e. The van der Waals surface area contributed by atoms with Gasteiger partial charge < -0.3 is 10.6 Å². The van der Waals surface area contributed by atoms with Crippen molar-refractivity contribution in [1.29, 1.82) is 0 Å². The van der Waals surface area contributed by atoms with E-state index in [1.807, 2.05) is 68.4 Å².